The molecule has 2 atom stereocenters. The number of aliphatic carboxylic acids is 1. The number of carbonyl (C=O) groups is 1. The van der Waals surface area contributed by atoms with Gasteiger partial charge in [-0.3, -0.25) is 4.79 Å². The summed E-state index contributed by atoms with van der Waals surface area (Å²) in [6.45, 7) is 4.32. The molecule has 110 valence electrons. The van der Waals surface area contributed by atoms with E-state index in [0.717, 1.165) is 31.4 Å². The van der Waals surface area contributed by atoms with E-state index >= 15 is 0 Å². The van der Waals surface area contributed by atoms with Crippen LogP contribution in [0.25, 0.3) is 0 Å². The molecule has 2 fully saturated rings. The molecule has 1 heterocycles. The smallest absolute Gasteiger partial charge is 0.321 e. The number of carboxylic acid groups (broad SMARTS) is 1. The highest BCUT2D eigenvalue weighted by Gasteiger charge is 2.44. The van der Waals surface area contributed by atoms with Crippen LogP contribution in [0.5, 0.6) is 0 Å². The second-order valence-corrected chi connectivity index (χ2v) is 7.57. The van der Waals surface area contributed by atoms with Crippen molar-refractivity contribution in [2.75, 3.05) is 12.4 Å². The van der Waals surface area contributed by atoms with Crippen LogP contribution in [-0.2, 0) is 14.3 Å². The summed E-state index contributed by atoms with van der Waals surface area (Å²) in [4.78, 5) is 11.0. The fourth-order valence-corrected chi connectivity index (χ4v) is 3.63. The molecule has 6 heteroatoms. The van der Waals surface area contributed by atoms with Crippen LogP contribution in [0.15, 0.2) is 0 Å². The Kier molecular flexibility index (Phi) is 4.45. The Morgan fingerprint density at radius 1 is 1.53 bits per heavy atom. The number of hydrogen-bond donors (Lipinski definition) is 2. The molecule has 0 amide bonds. The number of thioether (sulfide) groups is 1. The number of hydrogen-bond acceptors (Lipinski definition) is 5. The third-order valence-electron chi connectivity index (χ3n) is 3.94. The molecule has 1 saturated heterocycles. The normalized spacial score (nSPS) is 27.8. The Morgan fingerprint density at radius 2 is 2.16 bits per heavy atom. The van der Waals surface area contributed by atoms with Gasteiger partial charge in [-0.05, 0) is 26.7 Å². The van der Waals surface area contributed by atoms with E-state index < -0.39 is 16.8 Å². The first kappa shape index (κ1) is 15.1. The lowest BCUT2D eigenvalue weighted by Crippen LogP contribution is -2.47. The Bertz CT molecular complexity index is 342. The molecule has 0 radical (unpaired) electrons. The van der Waals surface area contributed by atoms with Gasteiger partial charge < -0.3 is 20.3 Å². The van der Waals surface area contributed by atoms with E-state index in [1.165, 1.54) is 0 Å². The molecule has 0 aromatic carbocycles. The van der Waals surface area contributed by atoms with Gasteiger partial charge in [0.1, 0.15) is 6.04 Å². The van der Waals surface area contributed by atoms with Crippen molar-refractivity contribution in [3.63, 3.8) is 0 Å². The summed E-state index contributed by atoms with van der Waals surface area (Å²) in [6, 6.07) is -0.875. The molecule has 1 aliphatic carbocycles. The molecular weight excluding hydrogens is 266 g/mol. The van der Waals surface area contributed by atoms with Crippen LogP contribution in [0.3, 0.4) is 0 Å². The molecule has 5 nitrogen and oxygen atoms in total. The summed E-state index contributed by atoms with van der Waals surface area (Å²) in [5.74, 6) is -0.589. The zero-order valence-corrected chi connectivity index (χ0v) is 12.4. The van der Waals surface area contributed by atoms with Crippen LogP contribution in [0.4, 0.5) is 0 Å². The van der Waals surface area contributed by atoms with Crippen molar-refractivity contribution in [2.45, 2.75) is 62.2 Å². The molecular formula is C13H23NO4S. The van der Waals surface area contributed by atoms with E-state index in [0.29, 0.717) is 6.61 Å². The third kappa shape index (κ3) is 3.42. The van der Waals surface area contributed by atoms with Gasteiger partial charge in [0.05, 0.1) is 12.7 Å². The highest BCUT2D eigenvalue weighted by atomic mass is 32.2. The van der Waals surface area contributed by atoms with Crippen molar-refractivity contribution in [1.82, 2.24) is 0 Å². The lowest BCUT2D eigenvalue weighted by atomic mass is 10.1. The summed E-state index contributed by atoms with van der Waals surface area (Å²) in [5, 5.41) is 8.98. The molecule has 3 N–H and O–H groups in total. The van der Waals surface area contributed by atoms with E-state index in [1.807, 2.05) is 13.8 Å². The summed E-state index contributed by atoms with van der Waals surface area (Å²) >= 11 is 1.54. The van der Waals surface area contributed by atoms with Gasteiger partial charge in [0.2, 0.25) is 0 Å². The second kappa shape index (κ2) is 5.60. The van der Waals surface area contributed by atoms with Crippen molar-refractivity contribution in [2.24, 2.45) is 5.73 Å². The number of rotatable bonds is 5. The minimum absolute atomic E-state index is 0.0448. The Balaban J connectivity index is 1.81. The molecule has 1 unspecified atom stereocenters. The highest BCUT2D eigenvalue weighted by Crippen LogP contribution is 2.40. The van der Waals surface area contributed by atoms with Crippen LogP contribution in [0, 0.1) is 0 Å². The fraction of sp³-hybridized carbons (Fsp3) is 0.923. The van der Waals surface area contributed by atoms with E-state index in [-0.39, 0.29) is 11.9 Å². The van der Waals surface area contributed by atoms with Crippen molar-refractivity contribution in [1.29, 1.82) is 0 Å². The second-order valence-electron chi connectivity index (χ2n) is 5.90. The van der Waals surface area contributed by atoms with Crippen molar-refractivity contribution < 1.29 is 19.4 Å². The minimum Gasteiger partial charge on any atom is -0.480 e. The Hall–Kier alpha value is -0.300. The SMILES string of the molecule is CC(C)(SCC1COC2(CCCC2)O1)[C@@H](N)C(=O)O. The van der Waals surface area contributed by atoms with E-state index in [1.54, 1.807) is 11.8 Å². The van der Waals surface area contributed by atoms with Gasteiger partial charge in [-0.15, -0.1) is 0 Å². The standard InChI is InChI=1S/C13H23NO4S/c1-12(2,10(14)11(15)16)19-8-9-7-17-13(18-9)5-3-4-6-13/h9-10H,3-8,14H2,1-2H3,(H,15,16)/t9?,10-/m0/s1. The molecule has 2 aliphatic rings. The zero-order valence-electron chi connectivity index (χ0n) is 11.6. The van der Waals surface area contributed by atoms with Crippen LogP contribution in [0.1, 0.15) is 39.5 Å². The lowest BCUT2D eigenvalue weighted by Gasteiger charge is -2.29. The minimum atomic E-state index is -0.964. The molecule has 1 saturated carbocycles. The van der Waals surface area contributed by atoms with E-state index in [2.05, 4.69) is 0 Å². The van der Waals surface area contributed by atoms with Crippen molar-refractivity contribution >= 4 is 17.7 Å². The van der Waals surface area contributed by atoms with Gasteiger partial charge in [0.15, 0.2) is 5.79 Å². The summed E-state index contributed by atoms with van der Waals surface area (Å²) in [5.41, 5.74) is 5.70. The molecule has 1 aliphatic heterocycles. The molecule has 1 spiro atoms. The lowest BCUT2D eigenvalue weighted by molar-refractivity contribution is -0.159. The first-order valence-corrected chi connectivity index (χ1v) is 7.77. The Labute approximate surface area is 118 Å². The van der Waals surface area contributed by atoms with Gasteiger partial charge >= 0.3 is 5.97 Å². The molecule has 0 aromatic rings. The quantitative estimate of drug-likeness (QED) is 0.800. The van der Waals surface area contributed by atoms with Gasteiger partial charge in [-0.1, -0.05) is 0 Å². The molecule has 2 rings (SSSR count). The third-order valence-corrected chi connectivity index (χ3v) is 5.47. The van der Waals surface area contributed by atoms with Gasteiger partial charge in [0.25, 0.3) is 0 Å². The van der Waals surface area contributed by atoms with Crippen molar-refractivity contribution in [3.05, 3.63) is 0 Å². The summed E-state index contributed by atoms with van der Waals surface area (Å²) in [7, 11) is 0. The maximum absolute atomic E-state index is 11.0. The van der Waals surface area contributed by atoms with Crippen LogP contribution in [-0.4, -0.2) is 46.1 Å². The summed E-state index contributed by atoms with van der Waals surface area (Å²) in [6.07, 6.45) is 4.33. The van der Waals surface area contributed by atoms with Crippen LogP contribution in [0.2, 0.25) is 0 Å². The van der Waals surface area contributed by atoms with Gasteiger partial charge in [-0.25, -0.2) is 0 Å². The zero-order chi connectivity index (χ0) is 14.1. The number of ether oxygens (including phenoxy) is 2. The fourth-order valence-electron chi connectivity index (χ4n) is 2.57. The molecule has 0 aromatic heterocycles. The van der Waals surface area contributed by atoms with Crippen LogP contribution >= 0.6 is 11.8 Å². The predicted octanol–water partition coefficient (Wildman–Crippen LogP) is 1.60. The topological polar surface area (TPSA) is 81.8 Å². The predicted molar refractivity (Wildman–Crippen MR) is 74.2 cm³/mol. The maximum Gasteiger partial charge on any atom is 0.321 e. The maximum atomic E-state index is 11.0. The first-order valence-electron chi connectivity index (χ1n) is 6.79. The first-order chi connectivity index (χ1) is 8.85. The van der Waals surface area contributed by atoms with Gasteiger partial charge in [-0.2, -0.15) is 11.8 Å². The monoisotopic (exact) mass is 289 g/mol. The van der Waals surface area contributed by atoms with Crippen LogP contribution < -0.4 is 5.73 Å². The number of nitrogens with two attached hydrogens (primary N) is 1. The molecule has 19 heavy (non-hydrogen) atoms. The molecule has 0 bridgehead atoms. The van der Waals surface area contributed by atoms with E-state index in [9.17, 15) is 4.79 Å². The largest absolute Gasteiger partial charge is 0.480 e. The van der Waals surface area contributed by atoms with Gasteiger partial charge in [0, 0.05) is 23.3 Å². The highest BCUT2D eigenvalue weighted by molar-refractivity contribution is 8.00. The average molecular weight is 289 g/mol. The average Bonchev–Trinajstić information content (AvgIpc) is 2.97. The number of carboxylic acids is 1. The Morgan fingerprint density at radius 3 is 2.74 bits per heavy atom. The van der Waals surface area contributed by atoms with Crippen molar-refractivity contribution in [3.8, 4) is 0 Å². The summed E-state index contributed by atoms with van der Waals surface area (Å²) < 4.78 is 11.3. The van der Waals surface area contributed by atoms with E-state index in [4.69, 9.17) is 20.3 Å².